The summed E-state index contributed by atoms with van der Waals surface area (Å²) in [7, 11) is 1.56. The van der Waals surface area contributed by atoms with E-state index in [4.69, 9.17) is 4.74 Å². The Hall–Kier alpha value is -2.55. The lowest BCUT2D eigenvalue weighted by molar-refractivity contribution is -0.122. The molecule has 1 aliphatic carbocycles. The van der Waals surface area contributed by atoms with Crippen LogP contribution in [0.25, 0.3) is 11.0 Å². The number of aromatic nitrogens is 3. The zero-order chi connectivity index (χ0) is 24.0. The molecule has 182 valence electrons. The Kier molecular flexibility index (Phi) is 8.77. The maximum atomic E-state index is 14.0. The Morgan fingerprint density at radius 2 is 1.88 bits per heavy atom. The van der Waals surface area contributed by atoms with Crippen LogP contribution in [0.2, 0.25) is 0 Å². The molecule has 2 aromatic rings. The van der Waals surface area contributed by atoms with Crippen LogP contribution in [0.1, 0.15) is 83.7 Å². The van der Waals surface area contributed by atoms with Crippen LogP contribution in [-0.4, -0.2) is 39.8 Å². The van der Waals surface area contributed by atoms with Gasteiger partial charge in [0.25, 0.3) is 5.56 Å². The fraction of sp³-hybridized carbons (Fsp3) is 0.667. The Morgan fingerprint density at radius 3 is 2.48 bits per heavy atom. The molecule has 1 N–H and O–H groups in total. The van der Waals surface area contributed by atoms with Crippen LogP contribution in [0.5, 0.6) is 0 Å². The molecule has 0 unspecified atom stereocenters. The van der Waals surface area contributed by atoms with Gasteiger partial charge in [0.1, 0.15) is 11.5 Å². The molecule has 8 nitrogen and oxygen atoms in total. The number of rotatable bonds is 10. The van der Waals surface area contributed by atoms with E-state index in [1.807, 2.05) is 0 Å². The monoisotopic (exact) mass is 462 g/mol. The highest BCUT2D eigenvalue weighted by molar-refractivity contribution is 5.76. The topological polar surface area (TPSA) is 95.2 Å². The first-order chi connectivity index (χ1) is 15.9. The number of pyridine rings is 1. The molecule has 0 radical (unpaired) electrons. The first-order valence-corrected chi connectivity index (χ1v) is 12.0. The molecular formula is C24H35FN4O4. The van der Waals surface area contributed by atoms with Crippen LogP contribution in [-0.2, 0) is 9.53 Å². The van der Waals surface area contributed by atoms with E-state index in [9.17, 15) is 18.8 Å². The van der Waals surface area contributed by atoms with Crippen molar-refractivity contribution in [1.82, 2.24) is 19.4 Å². The van der Waals surface area contributed by atoms with Crippen LogP contribution in [0, 0.1) is 5.82 Å². The van der Waals surface area contributed by atoms with Crippen molar-refractivity contribution in [2.45, 2.75) is 89.8 Å². The second-order valence-electron chi connectivity index (χ2n) is 8.90. The van der Waals surface area contributed by atoms with Gasteiger partial charge in [-0.1, -0.05) is 26.7 Å². The summed E-state index contributed by atoms with van der Waals surface area (Å²) >= 11 is 0. The third-order valence-electron chi connectivity index (χ3n) is 6.49. The summed E-state index contributed by atoms with van der Waals surface area (Å²) in [4.78, 5) is 43.2. The molecule has 0 spiro atoms. The number of nitrogens with one attached hydrogen (secondary N) is 1. The molecule has 33 heavy (non-hydrogen) atoms. The third kappa shape index (κ3) is 5.69. The molecule has 1 fully saturated rings. The molecule has 1 amide bonds. The maximum absolute atomic E-state index is 14.0. The van der Waals surface area contributed by atoms with Gasteiger partial charge in [-0.25, -0.2) is 14.2 Å². The summed E-state index contributed by atoms with van der Waals surface area (Å²) in [5.41, 5.74) is -0.600. The van der Waals surface area contributed by atoms with E-state index in [-0.39, 0.29) is 40.8 Å². The van der Waals surface area contributed by atoms with Crippen LogP contribution >= 0.6 is 0 Å². The standard InChI is InChI=1S/C24H35FN4O4/c1-4-6-18(7-5-2)28-22-20(14-16(25)15-26-22)23(31)29(24(28)32)19-10-8-17(9-11-19)27-21(30)12-13-33-3/h14-15,17-19H,4-13H2,1-3H3,(H,27,30). The molecule has 0 aliphatic heterocycles. The van der Waals surface area contributed by atoms with E-state index in [1.54, 1.807) is 11.7 Å². The van der Waals surface area contributed by atoms with Gasteiger partial charge in [-0.05, 0) is 44.6 Å². The number of hydrogen-bond acceptors (Lipinski definition) is 5. The van der Waals surface area contributed by atoms with Crippen molar-refractivity contribution in [3.63, 3.8) is 0 Å². The van der Waals surface area contributed by atoms with Crippen molar-refractivity contribution in [3.05, 3.63) is 38.9 Å². The Morgan fingerprint density at radius 1 is 1.21 bits per heavy atom. The SMILES string of the molecule is CCCC(CCC)n1c(=O)n(C2CCC(NC(=O)CCOC)CC2)c(=O)c2cc(F)cnc21. The van der Waals surface area contributed by atoms with Crippen molar-refractivity contribution in [3.8, 4) is 0 Å². The highest BCUT2D eigenvalue weighted by Gasteiger charge is 2.28. The maximum Gasteiger partial charge on any atom is 0.333 e. The second kappa shape index (κ2) is 11.5. The first kappa shape index (κ1) is 25.1. The molecule has 1 saturated carbocycles. The predicted octanol–water partition coefficient (Wildman–Crippen LogP) is 3.48. The van der Waals surface area contributed by atoms with E-state index >= 15 is 0 Å². The van der Waals surface area contributed by atoms with Crippen molar-refractivity contribution in [1.29, 1.82) is 0 Å². The van der Waals surface area contributed by atoms with Gasteiger partial charge in [0, 0.05) is 31.7 Å². The summed E-state index contributed by atoms with van der Waals surface area (Å²) in [5.74, 6) is -0.657. The summed E-state index contributed by atoms with van der Waals surface area (Å²) in [6, 6.07) is 0.806. The number of methoxy groups -OCH3 is 1. The minimum atomic E-state index is -0.596. The molecule has 0 saturated heterocycles. The smallest absolute Gasteiger partial charge is 0.333 e. The minimum absolute atomic E-state index is 0.0102. The Labute approximate surface area is 193 Å². The third-order valence-corrected chi connectivity index (χ3v) is 6.49. The normalized spacial score (nSPS) is 18.7. The van der Waals surface area contributed by atoms with Crippen LogP contribution < -0.4 is 16.6 Å². The zero-order valence-corrected chi connectivity index (χ0v) is 19.8. The van der Waals surface area contributed by atoms with E-state index in [0.717, 1.165) is 31.9 Å². The van der Waals surface area contributed by atoms with E-state index in [2.05, 4.69) is 24.1 Å². The zero-order valence-electron chi connectivity index (χ0n) is 19.8. The van der Waals surface area contributed by atoms with Gasteiger partial charge in [0.15, 0.2) is 0 Å². The van der Waals surface area contributed by atoms with E-state index in [1.165, 1.54) is 10.6 Å². The molecule has 2 aromatic heterocycles. The first-order valence-electron chi connectivity index (χ1n) is 12.0. The number of nitrogens with zero attached hydrogens (tertiary/aromatic N) is 3. The van der Waals surface area contributed by atoms with Gasteiger partial charge >= 0.3 is 5.69 Å². The van der Waals surface area contributed by atoms with Crippen molar-refractivity contribution >= 4 is 16.9 Å². The van der Waals surface area contributed by atoms with Gasteiger partial charge in [-0.3, -0.25) is 18.7 Å². The van der Waals surface area contributed by atoms with Crippen molar-refractivity contribution in [2.24, 2.45) is 0 Å². The fourth-order valence-corrected chi connectivity index (χ4v) is 4.90. The molecular weight excluding hydrogens is 427 g/mol. The molecule has 2 heterocycles. The predicted molar refractivity (Wildman–Crippen MR) is 125 cm³/mol. The molecule has 0 atom stereocenters. The average molecular weight is 463 g/mol. The molecule has 1 aliphatic rings. The lowest BCUT2D eigenvalue weighted by atomic mass is 9.90. The van der Waals surface area contributed by atoms with Crippen LogP contribution in [0.4, 0.5) is 4.39 Å². The van der Waals surface area contributed by atoms with Gasteiger partial charge in [0.2, 0.25) is 5.91 Å². The lowest BCUT2D eigenvalue weighted by Crippen LogP contribution is -2.46. The highest BCUT2D eigenvalue weighted by atomic mass is 19.1. The van der Waals surface area contributed by atoms with Crippen LogP contribution in [0.15, 0.2) is 21.9 Å². The molecule has 3 rings (SSSR count). The summed E-state index contributed by atoms with van der Waals surface area (Å²) in [6.45, 7) is 4.48. The number of carbonyl (C=O) groups is 1. The summed E-state index contributed by atoms with van der Waals surface area (Å²) in [5, 5.41) is 3.15. The van der Waals surface area contributed by atoms with Gasteiger partial charge in [-0.2, -0.15) is 0 Å². The highest BCUT2D eigenvalue weighted by Crippen LogP contribution is 2.28. The minimum Gasteiger partial charge on any atom is -0.384 e. The number of ether oxygens (including phenoxy) is 1. The molecule has 0 bridgehead atoms. The van der Waals surface area contributed by atoms with Gasteiger partial charge < -0.3 is 10.1 Å². The van der Waals surface area contributed by atoms with Crippen molar-refractivity contribution < 1.29 is 13.9 Å². The largest absolute Gasteiger partial charge is 0.384 e. The number of fused-ring (bicyclic) bond motifs is 1. The van der Waals surface area contributed by atoms with E-state index in [0.29, 0.717) is 38.7 Å². The van der Waals surface area contributed by atoms with Gasteiger partial charge in [0.05, 0.1) is 18.2 Å². The number of halogens is 1. The lowest BCUT2D eigenvalue weighted by Gasteiger charge is -2.31. The molecule has 9 heteroatoms. The van der Waals surface area contributed by atoms with Crippen molar-refractivity contribution in [2.75, 3.05) is 13.7 Å². The quantitative estimate of drug-likeness (QED) is 0.583. The summed E-state index contributed by atoms with van der Waals surface area (Å²) in [6.07, 6.45) is 7.20. The van der Waals surface area contributed by atoms with Crippen LogP contribution in [0.3, 0.4) is 0 Å². The van der Waals surface area contributed by atoms with E-state index < -0.39 is 11.4 Å². The second-order valence-corrected chi connectivity index (χ2v) is 8.90. The van der Waals surface area contributed by atoms with Gasteiger partial charge in [-0.15, -0.1) is 0 Å². The average Bonchev–Trinajstić information content (AvgIpc) is 2.79. The number of carbonyl (C=O) groups excluding carboxylic acids is 1. The Bertz CT molecular complexity index is 1070. The summed E-state index contributed by atoms with van der Waals surface area (Å²) < 4.78 is 21.9. The fourth-order valence-electron chi connectivity index (χ4n) is 4.90. The molecule has 0 aromatic carbocycles. The number of hydrogen-bond donors (Lipinski definition) is 1. The Balaban J connectivity index is 1.96. The number of amides is 1.